The van der Waals surface area contributed by atoms with Crippen LogP contribution in [-0.4, -0.2) is 19.3 Å². The van der Waals surface area contributed by atoms with Crippen molar-refractivity contribution >= 4 is 0 Å². The highest BCUT2D eigenvalue weighted by Crippen LogP contribution is 2.21. The predicted octanol–water partition coefficient (Wildman–Crippen LogP) is 2.12. The lowest BCUT2D eigenvalue weighted by atomic mass is 10.1. The van der Waals surface area contributed by atoms with E-state index in [2.05, 4.69) is 0 Å². The molecule has 0 aromatic heterocycles. The minimum Gasteiger partial charge on any atom is -0.329 e. The van der Waals surface area contributed by atoms with Crippen LogP contribution in [-0.2, 0) is 0 Å². The molecule has 3 N–H and O–H groups in total. The smallest absolute Gasteiger partial charge is 0.329 e. The van der Waals surface area contributed by atoms with Crippen molar-refractivity contribution in [2.45, 2.75) is 12.2 Å². The van der Waals surface area contributed by atoms with Gasteiger partial charge in [-0.2, -0.15) is 13.2 Å². The third-order valence-corrected chi connectivity index (χ3v) is 2.13. The number of halogens is 5. The van der Waals surface area contributed by atoms with Crippen LogP contribution in [0.15, 0.2) is 18.2 Å². The maximum absolute atomic E-state index is 13.3. The number of rotatable bonds is 4. The van der Waals surface area contributed by atoms with Gasteiger partial charge in [0.1, 0.15) is 11.6 Å². The molecule has 0 aliphatic heterocycles. The van der Waals surface area contributed by atoms with Crippen LogP contribution < -0.4 is 11.1 Å². The van der Waals surface area contributed by atoms with Gasteiger partial charge in [0.2, 0.25) is 0 Å². The molecule has 0 radical (unpaired) electrons. The van der Waals surface area contributed by atoms with E-state index < -0.39 is 36.0 Å². The topological polar surface area (TPSA) is 38.0 Å². The second-order valence-corrected chi connectivity index (χ2v) is 3.42. The summed E-state index contributed by atoms with van der Waals surface area (Å²) in [6.07, 6.45) is -4.46. The summed E-state index contributed by atoms with van der Waals surface area (Å²) in [6, 6.07) is 1.86. The first-order chi connectivity index (χ1) is 7.85. The van der Waals surface area contributed by atoms with Crippen molar-refractivity contribution in [2.24, 2.45) is 5.73 Å². The predicted molar refractivity (Wildman–Crippen MR) is 52.2 cm³/mol. The monoisotopic (exact) mass is 254 g/mol. The Morgan fingerprint density at radius 2 is 1.71 bits per heavy atom. The number of nitrogens with one attached hydrogen (secondary N) is 1. The van der Waals surface area contributed by atoms with Crippen molar-refractivity contribution in [1.82, 2.24) is 5.32 Å². The zero-order valence-corrected chi connectivity index (χ0v) is 8.69. The van der Waals surface area contributed by atoms with E-state index in [1.165, 1.54) is 0 Å². The molecule has 0 aliphatic rings. The van der Waals surface area contributed by atoms with Crippen LogP contribution in [0.3, 0.4) is 0 Å². The van der Waals surface area contributed by atoms with E-state index in [9.17, 15) is 22.0 Å². The van der Waals surface area contributed by atoms with Crippen molar-refractivity contribution in [1.29, 1.82) is 0 Å². The van der Waals surface area contributed by atoms with Crippen LogP contribution in [0.25, 0.3) is 0 Å². The molecule has 0 spiro atoms. The van der Waals surface area contributed by atoms with Gasteiger partial charge in [0, 0.05) is 12.1 Å². The van der Waals surface area contributed by atoms with E-state index in [0.717, 1.165) is 18.2 Å². The molecule has 1 atom stereocenters. The van der Waals surface area contributed by atoms with E-state index in [0.29, 0.717) is 0 Å². The van der Waals surface area contributed by atoms with Gasteiger partial charge in [0.25, 0.3) is 0 Å². The number of nitrogens with two attached hydrogens (primary N) is 1. The summed E-state index contributed by atoms with van der Waals surface area (Å²) >= 11 is 0. The largest absolute Gasteiger partial charge is 0.401 e. The lowest BCUT2D eigenvalue weighted by molar-refractivity contribution is -0.126. The van der Waals surface area contributed by atoms with Crippen molar-refractivity contribution in [3.8, 4) is 0 Å². The lowest BCUT2D eigenvalue weighted by Gasteiger charge is -2.19. The highest BCUT2D eigenvalue weighted by Gasteiger charge is 2.29. The Balaban J connectivity index is 2.87. The molecule has 0 saturated heterocycles. The maximum Gasteiger partial charge on any atom is 0.401 e. The molecule has 96 valence electrons. The fraction of sp³-hybridized carbons (Fsp3) is 0.400. The van der Waals surface area contributed by atoms with Crippen LogP contribution in [0.1, 0.15) is 11.6 Å². The molecule has 1 rings (SSSR count). The fourth-order valence-corrected chi connectivity index (χ4v) is 1.39. The molecule has 1 aromatic rings. The molecule has 0 fully saturated rings. The standard InChI is InChI=1S/C10H11F5N2/c11-6-2-1-3-7(12)9(6)8(4-16)17-5-10(13,14)15/h1-3,8,17H,4-5,16H2. The third-order valence-electron chi connectivity index (χ3n) is 2.13. The average molecular weight is 254 g/mol. The van der Waals surface area contributed by atoms with Gasteiger partial charge >= 0.3 is 6.18 Å². The van der Waals surface area contributed by atoms with Gasteiger partial charge in [-0.25, -0.2) is 8.78 Å². The third kappa shape index (κ3) is 3.94. The second-order valence-electron chi connectivity index (χ2n) is 3.42. The summed E-state index contributed by atoms with van der Waals surface area (Å²) in [7, 11) is 0. The van der Waals surface area contributed by atoms with Crippen molar-refractivity contribution in [3.05, 3.63) is 35.4 Å². The van der Waals surface area contributed by atoms with Gasteiger partial charge < -0.3 is 11.1 Å². The Labute approximate surface area is 94.6 Å². The van der Waals surface area contributed by atoms with Gasteiger partial charge in [-0.15, -0.1) is 0 Å². The zero-order valence-electron chi connectivity index (χ0n) is 8.69. The molecule has 1 unspecified atom stereocenters. The van der Waals surface area contributed by atoms with E-state index >= 15 is 0 Å². The fourth-order valence-electron chi connectivity index (χ4n) is 1.39. The highest BCUT2D eigenvalue weighted by molar-refractivity contribution is 5.23. The van der Waals surface area contributed by atoms with Crippen molar-refractivity contribution in [2.75, 3.05) is 13.1 Å². The first-order valence-electron chi connectivity index (χ1n) is 4.79. The summed E-state index contributed by atoms with van der Waals surface area (Å²) in [4.78, 5) is 0. The summed E-state index contributed by atoms with van der Waals surface area (Å²) < 4.78 is 62.5. The average Bonchev–Trinajstić information content (AvgIpc) is 2.21. The van der Waals surface area contributed by atoms with Crippen molar-refractivity contribution in [3.63, 3.8) is 0 Å². The van der Waals surface area contributed by atoms with Crippen LogP contribution in [0, 0.1) is 11.6 Å². The van der Waals surface area contributed by atoms with Crippen LogP contribution in [0.5, 0.6) is 0 Å². The molecule has 7 heteroatoms. The summed E-state index contributed by atoms with van der Waals surface area (Å²) in [5.41, 5.74) is 4.74. The number of hydrogen-bond acceptors (Lipinski definition) is 2. The van der Waals surface area contributed by atoms with Gasteiger partial charge in [0.05, 0.1) is 12.6 Å². The molecule has 0 bridgehead atoms. The quantitative estimate of drug-likeness (QED) is 0.808. The Hall–Kier alpha value is -1.21. The van der Waals surface area contributed by atoms with Crippen LogP contribution >= 0.6 is 0 Å². The molecule has 0 amide bonds. The van der Waals surface area contributed by atoms with E-state index in [4.69, 9.17) is 5.73 Å². The van der Waals surface area contributed by atoms with Gasteiger partial charge in [0.15, 0.2) is 0 Å². The maximum atomic E-state index is 13.3. The van der Waals surface area contributed by atoms with Crippen LogP contribution in [0.2, 0.25) is 0 Å². The van der Waals surface area contributed by atoms with Gasteiger partial charge in [-0.1, -0.05) is 6.07 Å². The Bertz CT molecular complexity index is 357. The number of alkyl halides is 3. The molecule has 0 aliphatic carbocycles. The SMILES string of the molecule is NCC(NCC(F)(F)F)c1c(F)cccc1F. The second kappa shape index (κ2) is 5.42. The molecule has 0 heterocycles. The first kappa shape index (κ1) is 13.9. The lowest BCUT2D eigenvalue weighted by Crippen LogP contribution is -2.36. The molecular weight excluding hydrogens is 243 g/mol. The summed E-state index contributed by atoms with van der Waals surface area (Å²) in [5, 5.41) is 1.98. The first-order valence-corrected chi connectivity index (χ1v) is 4.79. The summed E-state index contributed by atoms with van der Waals surface area (Å²) in [6.45, 7) is -1.70. The van der Waals surface area contributed by atoms with Crippen LogP contribution in [0.4, 0.5) is 22.0 Å². The normalized spacial score (nSPS) is 13.8. The van der Waals surface area contributed by atoms with Gasteiger partial charge in [-0.3, -0.25) is 0 Å². The van der Waals surface area contributed by atoms with E-state index in [1.54, 1.807) is 0 Å². The van der Waals surface area contributed by atoms with E-state index in [1.807, 2.05) is 5.32 Å². The molecule has 0 saturated carbocycles. The number of hydrogen-bond donors (Lipinski definition) is 2. The van der Waals surface area contributed by atoms with Crippen molar-refractivity contribution < 1.29 is 22.0 Å². The molecule has 2 nitrogen and oxygen atoms in total. The minimum absolute atomic E-state index is 0.339. The summed E-state index contributed by atoms with van der Waals surface area (Å²) in [5.74, 6) is -1.84. The Morgan fingerprint density at radius 3 is 2.12 bits per heavy atom. The minimum atomic E-state index is -4.46. The molecule has 17 heavy (non-hydrogen) atoms. The van der Waals surface area contributed by atoms with Gasteiger partial charge in [-0.05, 0) is 12.1 Å². The zero-order chi connectivity index (χ0) is 13.1. The molecular formula is C10H11F5N2. The molecule has 1 aromatic carbocycles. The van der Waals surface area contributed by atoms with E-state index in [-0.39, 0.29) is 6.54 Å². The highest BCUT2D eigenvalue weighted by atomic mass is 19.4. The Kier molecular flexibility index (Phi) is 4.41. The Morgan fingerprint density at radius 1 is 1.18 bits per heavy atom. The number of benzene rings is 1.